The first kappa shape index (κ1) is 23.9. The monoisotopic (exact) mass is 496 g/mol. The number of nitriles is 1. The van der Waals surface area contributed by atoms with E-state index in [0.717, 1.165) is 11.1 Å². The molecule has 1 saturated heterocycles. The first-order valence-corrected chi connectivity index (χ1v) is 11.8. The van der Waals surface area contributed by atoms with Crippen molar-refractivity contribution < 1.29 is 23.9 Å². The average Bonchev–Trinajstić information content (AvgIpc) is 3.59. The number of ether oxygens (including phenoxy) is 2. The molecule has 37 heavy (non-hydrogen) atoms. The fraction of sp³-hybridized carbons (Fsp3) is 0.214. The molecule has 0 saturated carbocycles. The van der Waals surface area contributed by atoms with Gasteiger partial charge in [0.2, 0.25) is 12.7 Å². The Bertz CT molecular complexity index is 1370. The van der Waals surface area contributed by atoms with Crippen molar-refractivity contribution in [2.24, 2.45) is 5.16 Å². The normalized spacial score (nSPS) is 16.9. The molecule has 0 aliphatic carbocycles. The summed E-state index contributed by atoms with van der Waals surface area (Å²) < 4.78 is 10.7. The third-order valence-corrected chi connectivity index (χ3v) is 6.15. The molecule has 0 aromatic heterocycles. The molecule has 5 rings (SSSR count). The van der Waals surface area contributed by atoms with Crippen LogP contribution in [0.5, 0.6) is 11.5 Å². The fourth-order valence-electron chi connectivity index (χ4n) is 4.20. The maximum Gasteiger partial charge on any atom is 0.254 e. The molecule has 1 atom stereocenters. The number of oxime groups is 1. The Labute approximate surface area is 213 Å². The van der Waals surface area contributed by atoms with Crippen LogP contribution in [0.15, 0.2) is 78.0 Å². The molecule has 2 aliphatic heterocycles. The van der Waals surface area contributed by atoms with Crippen LogP contribution >= 0.6 is 0 Å². The van der Waals surface area contributed by atoms with Crippen LogP contribution in [-0.2, 0) is 22.8 Å². The van der Waals surface area contributed by atoms with Crippen molar-refractivity contribution in [2.75, 3.05) is 13.3 Å². The highest BCUT2D eigenvalue weighted by Gasteiger charge is 2.38. The van der Waals surface area contributed by atoms with Crippen molar-refractivity contribution >= 4 is 17.5 Å². The molecule has 0 spiro atoms. The van der Waals surface area contributed by atoms with E-state index in [4.69, 9.17) is 19.6 Å². The van der Waals surface area contributed by atoms with Gasteiger partial charge in [0, 0.05) is 18.5 Å². The molecular weight excluding hydrogens is 472 g/mol. The number of hydrogen-bond donors (Lipinski definition) is 1. The Morgan fingerprint density at radius 3 is 2.59 bits per heavy atom. The second-order valence-corrected chi connectivity index (χ2v) is 8.66. The minimum Gasteiger partial charge on any atom is -0.454 e. The van der Waals surface area contributed by atoms with Crippen LogP contribution in [0.1, 0.15) is 33.5 Å². The number of benzene rings is 3. The molecule has 2 amide bonds. The van der Waals surface area contributed by atoms with E-state index in [1.54, 1.807) is 30.3 Å². The van der Waals surface area contributed by atoms with Crippen LogP contribution in [0, 0.1) is 11.3 Å². The number of fused-ring (bicyclic) bond motifs is 1. The SMILES string of the molecule is N#Cc1ccc(C(=O)N2C/C(=N\OCc3ccccc3)C[C@H]2C(=O)NCc2ccc3c(c2)OCO3)cc1. The van der Waals surface area contributed by atoms with Crippen molar-refractivity contribution in [3.8, 4) is 17.6 Å². The van der Waals surface area contributed by atoms with Crippen LogP contribution in [-0.4, -0.2) is 41.8 Å². The quantitative estimate of drug-likeness (QED) is 0.502. The van der Waals surface area contributed by atoms with Gasteiger partial charge in [-0.25, -0.2) is 0 Å². The topological polar surface area (TPSA) is 113 Å². The van der Waals surface area contributed by atoms with Gasteiger partial charge in [-0.15, -0.1) is 0 Å². The number of rotatable bonds is 7. The molecule has 1 N–H and O–H groups in total. The van der Waals surface area contributed by atoms with Crippen LogP contribution in [0.3, 0.4) is 0 Å². The number of carbonyl (C=O) groups excluding carboxylic acids is 2. The van der Waals surface area contributed by atoms with E-state index in [-0.39, 0.29) is 44.7 Å². The molecule has 2 aliphatic rings. The molecule has 3 aromatic rings. The van der Waals surface area contributed by atoms with E-state index in [1.807, 2.05) is 48.5 Å². The Morgan fingerprint density at radius 2 is 1.81 bits per heavy atom. The summed E-state index contributed by atoms with van der Waals surface area (Å²) in [5.74, 6) is 0.686. The highest BCUT2D eigenvalue weighted by molar-refractivity contribution is 6.05. The van der Waals surface area contributed by atoms with E-state index in [2.05, 4.69) is 10.5 Å². The van der Waals surface area contributed by atoms with E-state index in [9.17, 15) is 9.59 Å². The molecule has 0 unspecified atom stereocenters. The molecule has 9 heteroatoms. The molecule has 9 nitrogen and oxygen atoms in total. The standard InChI is InChI=1S/C28H24N4O5/c29-14-19-6-9-22(10-7-19)28(34)32-16-23(31-37-17-20-4-2-1-3-5-20)13-24(32)27(33)30-15-21-8-11-25-26(12-21)36-18-35-25/h1-12,24H,13,15-18H2,(H,30,33)/b31-23-/t24-/m0/s1. The van der Waals surface area contributed by atoms with Gasteiger partial charge < -0.3 is 24.5 Å². The minimum atomic E-state index is -0.753. The second-order valence-electron chi connectivity index (χ2n) is 8.66. The molecule has 2 heterocycles. The predicted molar refractivity (Wildman–Crippen MR) is 134 cm³/mol. The number of nitrogens with one attached hydrogen (secondary N) is 1. The Kier molecular flexibility index (Phi) is 6.99. The van der Waals surface area contributed by atoms with Gasteiger partial charge in [0.05, 0.1) is 23.9 Å². The number of likely N-dealkylation sites (tertiary alicyclic amines) is 1. The van der Waals surface area contributed by atoms with Gasteiger partial charge in [-0.1, -0.05) is 41.6 Å². The van der Waals surface area contributed by atoms with E-state index < -0.39 is 6.04 Å². The van der Waals surface area contributed by atoms with Gasteiger partial charge in [0.15, 0.2) is 11.5 Å². The summed E-state index contributed by atoms with van der Waals surface area (Å²) in [5, 5.41) is 16.2. The maximum atomic E-state index is 13.3. The molecule has 186 valence electrons. The van der Waals surface area contributed by atoms with Gasteiger partial charge in [-0.3, -0.25) is 9.59 Å². The summed E-state index contributed by atoms with van der Waals surface area (Å²) in [4.78, 5) is 33.6. The zero-order valence-electron chi connectivity index (χ0n) is 19.9. The number of nitrogens with zero attached hydrogens (tertiary/aromatic N) is 3. The lowest BCUT2D eigenvalue weighted by Gasteiger charge is -2.23. The van der Waals surface area contributed by atoms with Crippen molar-refractivity contribution in [1.82, 2.24) is 10.2 Å². The first-order chi connectivity index (χ1) is 18.1. The minimum absolute atomic E-state index is 0.162. The summed E-state index contributed by atoms with van der Waals surface area (Å²) in [6, 6.07) is 22.7. The third-order valence-electron chi connectivity index (χ3n) is 6.15. The summed E-state index contributed by atoms with van der Waals surface area (Å²) in [6.45, 7) is 0.889. The number of carbonyl (C=O) groups is 2. The lowest BCUT2D eigenvalue weighted by Crippen LogP contribution is -2.45. The number of amides is 2. The zero-order chi connectivity index (χ0) is 25.6. The summed E-state index contributed by atoms with van der Waals surface area (Å²) in [6.07, 6.45) is 0.254. The van der Waals surface area contributed by atoms with Gasteiger partial charge in [-0.05, 0) is 47.5 Å². The van der Waals surface area contributed by atoms with Crippen molar-refractivity contribution in [2.45, 2.75) is 25.6 Å². The van der Waals surface area contributed by atoms with Crippen LogP contribution in [0.25, 0.3) is 0 Å². The summed E-state index contributed by atoms with van der Waals surface area (Å²) in [5.41, 5.74) is 3.25. The van der Waals surface area contributed by atoms with Gasteiger partial charge in [-0.2, -0.15) is 5.26 Å². The van der Waals surface area contributed by atoms with Crippen molar-refractivity contribution in [3.05, 3.63) is 95.1 Å². The highest BCUT2D eigenvalue weighted by Crippen LogP contribution is 2.32. The molecule has 0 radical (unpaired) electrons. The predicted octanol–water partition coefficient (Wildman–Crippen LogP) is 3.39. The fourth-order valence-corrected chi connectivity index (χ4v) is 4.20. The van der Waals surface area contributed by atoms with Crippen LogP contribution < -0.4 is 14.8 Å². The van der Waals surface area contributed by atoms with Crippen molar-refractivity contribution in [3.63, 3.8) is 0 Å². The molecule has 0 bridgehead atoms. The van der Waals surface area contributed by atoms with Gasteiger partial charge in [0.25, 0.3) is 5.91 Å². The van der Waals surface area contributed by atoms with Crippen LogP contribution in [0.4, 0.5) is 0 Å². The van der Waals surface area contributed by atoms with E-state index in [0.29, 0.717) is 28.3 Å². The zero-order valence-corrected chi connectivity index (χ0v) is 19.9. The van der Waals surface area contributed by atoms with Crippen LogP contribution in [0.2, 0.25) is 0 Å². The lowest BCUT2D eigenvalue weighted by molar-refractivity contribution is -0.124. The Balaban J connectivity index is 1.29. The third kappa shape index (κ3) is 5.54. The summed E-state index contributed by atoms with van der Waals surface area (Å²) in [7, 11) is 0. The second kappa shape index (κ2) is 10.8. The molecule has 3 aromatic carbocycles. The van der Waals surface area contributed by atoms with Gasteiger partial charge in [0.1, 0.15) is 12.6 Å². The maximum absolute atomic E-state index is 13.3. The molecule has 1 fully saturated rings. The van der Waals surface area contributed by atoms with E-state index >= 15 is 0 Å². The smallest absolute Gasteiger partial charge is 0.254 e. The summed E-state index contributed by atoms with van der Waals surface area (Å²) >= 11 is 0. The first-order valence-electron chi connectivity index (χ1n) is 11.8. The largest absolute Gasteiger partial charge is 0.454 e. The Morgan fingerprint density at radius 1 is 1.03 bits per heavy atom. The lowest BCUT2D eigenvalue weighted by atomic mass is 10.1. The van der Waals surface area contributed by atoms with Crippen molar-refractivity contribution in [1.29, 1.82) is 5.26 Å². The highest BCUT2D eigenvalue weighted by atomic mass is 16.7. The average molecular weight is 497 g/mol. The van der Waals surface area contributed by atoms with Gasteiger partial charge >= 0.3 is 0 Å². The molecular formula is C28H24N4O5. The Hall–Kier alpha value is -4.84. The number of hydrogen-bond acceptors (Lipinski definition) is 7. The van der Waals surface area contributed by atoms with E-state index in [1.165, 1.54) is 4.90 Å².